The second-order valence-corrected chi connectivity index (χ2v) is 6.74. The van der Waals surface area contributed by atoms with Crippen LogP contribution in [0.25, 0.3) is 16.9 Å². The Bertz CT molecular complexity index is 1210. The topological polar surface area (TPSA) is 65.4 Å². The summed E-state index contributed by atoms with van der Waals surface area (Å²) >= 11 is 0. The van der Waals surface area contributed by atoms with Crippen molar-refractivity contribution >= 4 is 11.6 Å². The summed E-state index contributed by atoms with van der Waals surface area (Å²) in [6.45, 7) is -3.02. The highest BCUT2D eigenvalue weighted by Crippen LogP contribution is 2.32. The predicted octanol–water partition coefficient (Wildman–Crippen LogP) is 5.40. The van der Waals surface area contributed by atoms with Crippen molar-refractivity contribution < 1.29 is 23.0 Å². The summed E-state index contributed by atoms with van der Waals surface area (Å²) in [5.41, 5.74) is 2.65. The Morgan fingerprint density at radius 2 is 1.66 bits per heavy atom. The van der Waals surface area contributed by atoms with Gasteiger partial charge in [0, 0.05) is 23.5 Å². The maximum Gasteiger partial charge on any atom is 0.387 e. The lowest BCUT2D eigenvalue weighted by Crippen LogP contribution is -2.13. The molecule has 0 spiro atoms. The number of anilines is 1. The number of alkyl halides is 2. The molecule has 8 heteroatoms. The molecule has 6 nitrogen and oxygen atoms in total. The Morgan fingerprint density at radius 3 is 2.31 bits per heavy atom. The van der Waals surface area contributed by atoms with Crippen molar-refractivity contribution in [2.45, 2.75) is 6.61 Å². The van der Waals surface area contributed by atoms with Gasteiger partial charge in [-0.25, -0.2) is 4.68 Å². The number of para-hydroxylation sites is 1. The van der Waals surface area contributed by atoms with E-state index in [1.807, 2.05) is 60.7 Å². The minimum absolute atomic E-state index is 0.130. The number of hydrogen-bond acceptors (Lipinski definition) is 4. The third kappa shape index (κ3) is 4.59. The van der Waals surface area contributed by atoms with Gasteiger partial charge >= 0.3 is 6.61 Å². The second kappa shape index (κ2) is 9.30. The second-order valence-electron chi connectivity index (χ2n) is 6.74. The Morgan fingerprint density at radius 1 is 0.969 bits per heavy atom. The maximum absolute atomic E-state index is 13.2. The Balaban J connectivity index is 1.70. The van der Waals surface area contributed by atoms with Crippen molar-refractivity contribution in [2.75, 3.05) is 12.4 Å². The maximum atomic E-state index is 13.2. The number of ether oxygens (including phenoxy) is 2. The van der Waals surface area contributed by atoms with Crippen LogP contribution in [-0.4, -0.2) is 29.4 Å². The number of halogens is 2. The van der Waals surface area contributed by atoms with Gasteiger partial charge in [0.25, 0.3) is 5.91 Å². The van der Waals surface area contributed by atoms with Gasteiger partial charge in [-0.3, -0.25) is 4.79 Å². The summed E-state index contributed by atoms with van der Waals surface area (Å²) in [5, 5.41) is 7.34. The normalized spacial score (nSPS) is 10.8. The van der Waals surface area contributed by atoms with Crippen LogP contribution in [0.4, 0.5) is 14.5 Å². The first-order chi connectivity index (χ1) is 15.5. The van der Waals surface area contributed by atoms with Gasteiger partial charge in [-0.05, 0) is 24.3 Å². The fourth-order valence-corrected chi connectivity index (χ4v) is 3.20. The van der Waals surface area contributed by atoms with Gasteiger partial charge in [0.2, 0.25) is 0 Å². The van der Waals surface area contributed by atoms with Crippen LogP contribution < -0.4 is 14.8 Å². The molecule has 4 rings (SSSR count). The molecule has 32 heavy (non-hydrogen) atoms. The first kappa shape index (κ1) is 21.0. The lowest BCUT2D eigenvalue weighted by Gasteiger charge is -2.12. The van der Waals surface area contributed by atoms with E-state index in [0.29, 0.717) is 11.3 Å². The summed E-state index contributed by atoms with van der Waals surface area (Å²) in [6.07, 6.45) is 1.63. The Kier molecular flexibility index (Phi) is 6.12. The molecule has 1 N–H and O–H groups in total. The molecule has 0 bridgehead atoms. The van der Waals surface area contributed by atoms with Crippen molar-refractivity contribution in [1.82, 2.24) is 9.78 Å². The van der Waals surface area contributed by atoms with Crippen LogP contribution in [0, 0.1) is 0 Å². The van der Waals surface area contributed by atoms with Crippen LogP contribution >= 0.6 is 0 Å². The monoisotopic (exact) mass is 435 g/mol. The number of amides is 1. The Labute approximate surface area is 183 Å². The number of aromatic nitrogens is 2. The zero-order valence-corrected chi connectivity index (χ0v) is 17.0. The molecule has 0 saturated carbocycles. The average Bonchev–Trinajstić information content (AvgIpc) is 3.26. The number of carbonyl (C=O) groups excluding carboxylic acids is 1. The highest BCUT2D eigenvalue weighted by atomic mass is 19.3. The molecule has 1 heterocycles. The molecular formula is C24H19F2N3O3. The SMILES string of the molecule is COc1ccc(NC(=O)c2cn(-c3ccccc3)nc2-c2ccccc2)cc1OC(F)F. The fraction of sp³-hybridized carbons (Fsp3) is 0.0833. The van der Waals surface area contributed by atoms with E-state index in [0.717, 1.165) is 11.3 Å². The van der Waals surface area contributed by atoms with Gasteiger partial charge in [-0.1, -0.05) is 48.5 Å². The molecule has 0 aliphatic rings. The highest BCUT2D eigenvalue weighted by Gasteiger charge is 2.20. The number of benzene rings is 3. The third-order valence-corrected chi connectivity index (χ3v) is 4.66. The summed E-state index contributed by atoms with van der Waals surface area (Å²) in [5.74, 6) is -0.493. The summed E-state index contributed by atoms with van der Waals surface area (Å²) < 4.78 is 36.6. The van der Waals surface area contributed by atoms with Gasteiger partial charge in [-0.2, -0.15) is 13.9 Å². The van der Waals surface area contributed by atoms with Crippen LogP contribution in [0.5, 0.6) is 11.5 Å². The van der Waals surface area contributed by atoms with Crippen molar-refractivity contribution in [2.24, 2.45) is 0 Å². The van der Waals surface area contributed by atoms with Crippen molar-refractivity contribution in [3.05, 3.63) is 90.6 Å². The smallest absolute Gasteiger partial charge is 0.387 e. The minimum Gasteiger partial charge on any atom is -0.493 e. The van der Waals surface area contributed by atoms with E-state index in [1.165, 1.54) is 19.2 Å². The van der Waals surface area contributed by atoms with Gasteiger partial charge in [0.1, 0.15) is 5.69 Å². The van der Waals surface area contributed by atoms with E-state index in [2.05, 4.69) is 15.2 Å². The molecule has 3 aromatic carbocycles. The molecule has 0 atom stereocenters. The summed E-state index contributed by atoms with van der Waals surface area (Å²) in [4.78, 5) is 13.2. The average molecular weight is 435 g/mol. The fourth-order valence-electron chi connectivity index (χ4n) is 3.20. The van der Waals surface area contributed by atoms with E-state index in [1.54, 1.807) is 16.9 Å². The van der Waals surface area contributed by atoms with Crippen LogP contribution in [0.15, 0.2) is 85.1 Å². The first-order valence-corrected chi connectivity index (χ1v) is 9.70. The molecule has 0 unspecified atom stereocenters. The van der Waals surface area contributed by atoms with Crippen LogP contribution in [0.2, 0.25) is 0 Å². The summed E-state index contributed by atoms with van der Waals surface area (Å²) in [6, 6.07) is 23.0. The molecule has 0 aliphatic carbocycles. The molecule has 0 fully saturated rings. The number of nitrogens with one attached hydrogen (secondary N) is 1. The van der Waals surface area contributed by atoms with E-state index >= 15 is 0 Å². The number of rotatable bonds is 7. The van der Waals surface area contributed by atoms with Crippen molar-refractivity contribution in [1.29, 1.82) is 0 Å². The van der Waals surface area contributed by atoms with Crippen LogP contribution in [-0.2, 0) is 0 Å². The molecule has 162 valence electrons. The standard InChI is InChI=1S/C24H19F2N3O3/c1-31-20-13-12-17(14-21(20)32-24(25)26)27-23(30)19-15-29(18-10-6-3-7-11-18)28-22(19)16-8-4-2-5-9-16/h2-15,24H,1H3,(H,27,30). The van der Waals surface area contributed by atoms with Gasteiger partial charge in [-0.15, -0.1) is 0 Å². The molecule has 1 amide bonds. The molecular weight excluding hydrogens is 416 g/mol. The number of hydrogen-bond donors (Lipinski definition) is 1. The van der Waals surface area contributed by atoms with E-state index in [-0.39, 0.29) is 17.2 Å². The quantitative estimate of drug-likeness (QED) is 0.422. The van der Waals surface area contributed by atoms with Gasteiger partial charge < -0.3 is 14.8 Å². The largest absolute Gasteiger partial charge is 0.493 e. The molecule has 0 radical (unpaired) electrons. The summed E-state index contributed by atoms with van der Waals surface area (Å²) in [7, 11) is 1.34. The van der Waals surface area contributed by atoms with Crippen molar-refractivity contribution in [3.63, 3.8) is 0 Å². The van der Waals surface area contributed by atoms with Gasteiger partial charge in [0.05, 0.1) is 18.4 Å². The van der Waals surface area contributed by atoms with Crippen molar-refractivity contribution in [3.8, 4) is 28.4 Å². The number of nitrogens with zero attached hydrogens (tertiary/aromatic N) is 2. The van der Waals surface area contributed by atoms with Crippen LogP contribution in [0.1, 0.15) is 10.4 Å². The van der Waals surface area contributed by atoms with E-state index < -0.39 is 12.5 Å². The predicted molar refractivity (Wildman–Crippen MR) is 117 cm³/mol. The zero-order chi connectivity index (χ0) is 22.5. The van der Waals surface area contributed by atoms with E-state index in [9.17, 15) is 13.6 Å². The van der Waals surface area contributed by atoms with Gasteiger partial charge in [0.15, 0.2) is 11.5 Å². The Hall–Kier alpha value is -4.20. The van der Waals surface area contributed by atoms with E-state index in [4.69, 9.17) is 4.74 Å². The molecule has 0 aliphatic heterocycles. The number of carbonyl (C=O) groups is 1. The third-order valence-electron chi connectivity index (χ3n) is 4.66. The first-order valence-electron chi connectivity index (χ1n) is 9.70. The van der Waals surface area contributed by atoms with Crippen LogP contribution in [0.3, 0.4) is 0 Å². The number of methoxy groups -OCH3 is 1. The molecule has 1 aromatic heterocycles. The lowest BCUT2D eigenvalue weighted by molar-refractivity contribution is -0.0511. The highest BCUT2D eigenvalue weighted by molar-refractivity contribution is 6.08. The molecule has 0 saturated heterocycles. The zero-order valence-electron chi connectivity index (χ0n) is 17.0. The molecule has 4 aromatic rings. The minimum atomic E-state index is -3.02. The lowest BCUT2D eigenvalue weighted by atomic mass is 10.1.